The van der Waals surface area contributed by atoms with Gasteiger partial charge >= 0.3 is 0 Å². The summed E-state index contributed by atoms with van der Waals surface area (Å²) in [6, 6.07) is 4.04. The minimum atomic E-state index is -3.49. The number of hydrogen-bond acceptors (Lipinski definition) is 4. The van der Waals surface area contributed by atoms with Crippen LogP contribution in [-0.2, 0) is 34.1 Å². The van der Waals surface area contributed by atoms with Gasteiger partial charge in [0.15, 0.2) is 9.84 Å². The number of aromatic nitrogens is 2. The number of amides is 1. The van der Waals surface area contributed by atoms with Gasteiger partial charge in [-0.1, -0.05) is 17.7 Å². The lowest BCUT2D eigenvalue weighted by atomic mass is 10.1. The number of halogens is 2. The normalized spacial score (nSPS) is 17.3. The molecule has 9 heteroatoms. The van der Waals surface area contributed by atoms with Gasteiger partial charge in [-0.3, -0.25) is 9.48 Å². The summed E-state index contributed by atoms with van der Waals surface area (Å²) in [5.74, 6) is -0.711. The molecule has 0 bridgehead atoms. The van der Waals surface area contributed by atoms with E-state index in [2.05, 4.69) is 5.10 Å². The molecule has 1 aliphatic rings. The van der Waals surface area contributed by atoms with Crippen molar-refractivity contribution in [1.29, 1.82) is 0 Å². The van der Waals surface area contributed by atoms with Gasteiger partial charge < -0.3 is 4.90 Å². The summed E-state index contributed by atoms with van der Waals surface area (Å²) in [5.41, 5.74) is 1.12. The predicted molar refractivity (Wildman–Crippen MR) is 99.7 cm³/mol. The van der Waals surface area contributed by atoms with Crippen molar-refractivity contribution in [3.63, 3.8) is 0 Å². The van der Waals surface area contributed by atoms with Crippen LogP contribution in [0.5, 0.6) is 0 Å². The molecule has 1 aromatic heterocycles. The van der Waals surface area contributed by atoms with Gasteiger partial charge in [0.1, 0.15) is 10.7 Å². The zero-order valence-electron chi connectivity index (χ0n) is 15.3. The molecule has 146 valence electrons. The largest absolute Gasteiger partial charge is 0.332 e. The molecule has 1 aliphatic heterocycles. The topological polar surface area (TPSA) is 72.3 Å². The average molecular weight is 414 g/mol. The van der Waals surface area contributed by atoms with E-state index in [1.165, 1.54) is 24.4 Å². The highest BCUT2D eigenvalue weighted by Gasteiger charge is 2.33. The van der Waals surface area contributed by atoms with Crippen LogP contribution in [0.25, 0.3) is 0 Å². The first-order valence-corrected chi connectivity index (χ1v) is 10.6. The van der Waals surface area contributed by atoms with Crippen LogP contribution < -0.4 is 0 Å². The summed E-state index contributed by atoms with van der Waals surface area (Å²) in [7, 11) is -3.49. The molecule has 0 saturated carbocycles. The van der Waals surface area contributed by atoms with Crippen LogP contribution in [0.4, 0.5) is 4.39 Å². The van der Waals surface area contributed by atoms with Crippen molar-refractivity contribution in [1.82, 2.24) is 14.7 Å². The van der Waals surface area contributed by atoms with Gasteiger partial charge in [0.05, 0.1) is 41.7 Å². The standard InChI is InChI=1S/C18H21ClFN3O3S/c1-11(2)27(25,26)17-8-21-23-9-12(3)22(10-16(17)23)18(24)7-13-4-5-15(20)14(19)6-13/h4-6,8,11-12H,7,9-10H2,1-3H3. The van der Waals surface area contributed by atoms with Crippen LogP contribution in [0.2, 0.25) is 5.02 Å². The maximum Gasteiger partial charge on any atom is 0.227 e. The van der Waals surface area contributed by atoms with E-state index in [9.17, 15) is 17.6 Å². The second-order valence-corrected chi connectivity index (χ2v) is 9.91. The van der Waals surface area contributed by atoms with Crippen molar-refractivity contribution in [3.8, 4) is 0 Å². The van der Waals surface area contributed by atoms with Gasteiger partial charge in [-0.25, -0.2) is 12.8 Å². The van der Waals surface area contributed by atoms with Gasteiger partial charge in [-0.05, 0) is 38.5 Å². The third-order valence-corrected chi connectivity index (χ3v) is 7.27. The SMILES string of the molecule is CC1Cn2ncc(S(=O)(=O)C(C)C)c2CN1C(=O)Cc1ccc(F)c(Cl)c1. The van der Waals surface area contributed by atoms with Crippen molar-refractivity contribution in [3.05, 3.63) is 46.5 Å². The highest BCUT2D eigenvalue weighted by Crippen LogP contribution is 2.27. The number of carbonyl (C=O) groups excluding carboxylic acids is 1. The second kappa shape index (κ2) is 7.24. The smallest absolute Gasteiger partial charge is 0.227 e. The fourth-order valence-corrected chi connectivity index (χ4v) is 4.53. The van der Waals surface area contributed by atoms with Crippen LogP contribution in [0.1, 0.15) is 32.0 Å². The van der Waals surface area contributed by atoms with E-state index < -0.39 is 20.9 Å². The number of fused-ring (bicyclic) bond motifs is 1. The minimum absolute atomic E-state index is 0.0321. The number of sulfone groups is 1. The third kappa shape index (κ3) is 3.73. The molecule has 1 unspecified atom stereocenters. The maximum absolute atomic E-state index is 13.3. The molecular formula is C18H21ClFN3O3S. The van der Waals surface area contributed by atoms with E-state index in [1.807, 2.05) is 6.92 Å². The Balaban J connectivity index is 1.86. The molecule has 0 fully saturated rings. The van der Waals surface area contributed by atoms with Crippen LogP contribution in [0.15, 0.2) is 29.3 Å². The Morgan fingerprint density at radius 2 is 2.11 bits per heavy atom. The van der Waals surface area contributed by atoms with Crippen molar-refractivity contribution < 1.29 is 17.6 Å². The van der Waals surface area contributed by atoms with Crippen LogP contribution >= 0.6 is 11.6 Å². The number of hydrogen-bond donors (Lipinski definition) is 0. The van der Waals surface area contributed by atoms with E-state index in [-0.39, 0.29) is 34.8 Å². The Hall–Kier alpha value is -1.93. The van der Waals surface area contributed by atoms with Gasteiger partial charge in [0.2, 0.25) is 5.91 Å². The molecular weight excluding hydrogens is 393 g/mol. The van der Waals surface area contributed by atoms with Gasteiger partial charge in [-0.2, -0.15) is 5.10 Å². The molecule has 0 aliphatic carbocycles. The van der Waals surface area contributed by atoms with E-state index in [0.29, 0.717) is 17.8 Å². The maximum atomic E-state index is 13.3. The molecule has 2 heterocycles. The van der Waals surface area contributed by atoms with E-state index >= 15 is 0 Å². The Morgan fingerprint density at radius 3 is 2.74 bits per heavy atom. The van der Waals surface area contributed by atoms with Gasteiger partial charge in [-0.15, -0.1) is 0 Å². The van der Waals surface area contributed by atoms with E-state index in [4.69, 9.17) is 11.6 Å². The molecule has 0 N–H and O–H groups in total. The first-order chi connectivity index (χ1) is 12.6. The fraction of sp³-hybridized carbons (Fsp3) is 0.444. The molecule has 0 saturated heterocycles. The lowest BCUT2D eigenvalue weighted by molar-refractivity contribution is -0.134. The van der Waals surface area contributed by atoms with Crippen LogP contribution in [0, 0.1) is 5.82 Å². The zero-order valence-corrected chi connectivity index (χ0v) is 16.9. The van der Waals surface area contributed by atoms with Crippen molar-refractivity contribution >= 4 is 27.3 Å². The molecule has 1 atom stereocenters. The highest BCUT2D eigenvalue weighted by atomic mass is 35.5. The van der Waals surface area contributed by atoms with Crippen LogP contribution in [0.3, 0.4) is 0 Å². The number of nitrogens with zero attached hydrogens (tertiary/aromatic N) is 3. The molecule has 2 aromatic rings. The monoisotopic (exact) mass is 413 g/mol. The van der Waals surface area contributed by atoms with Gasteiger partial charge in [0, 0.05) is 6.04 Å². The van der Waals surface area contributed by atoms with E-state index in [0.717, 1.165) is 0 Å². The van der Waals surface area contributed by atoms with E-state index in [1.54, 1.807) is 23.4 Å². The molecule has 1 aromatic carbocycles. The van der Waals surface area contributed by atoms with Crippen LogP contribution in [-0.4, -0.2) is 40.3 Å². The molecule has 27 heavy (non-hydrogen) atoms. The Morgan fingerprint density at radius 1 is 1.41 bits per heavy atom. The summed E-state index contributed by atoms with van der Waals surface area (Å²) < 4.78 is 40.1. The third-order valence-electron chi connectivity index (χ3n) is 4.79. The zero-order chi connectivity index (χ0) is 19.9. The van der Waals surface area contributed by atoms with Gasteiger partial charge in [0.25, 0.3) is 0 Å². The average Bonchev–Trinajstić information content (AvgIpc) is 3.00. The molecule has 3 rings (SSSR count). The molecule has 0 spiro atoms. The molecule has 0 radical (unpaired) electrons. The number of carbonyl (C=O) groups is 1. The summed E-state index contributed by atoms with van der Waals surface area (Å²) in [4.78, 5) is 14.6. The molecule has 1 amide bonds. The number of rotatable bonds is 4. The van der Waals surface area contributed by atoms with Crippen molar-refractivity contribution in [2.24, 2.45) is 0 Å². The molecule has 6 nitrogen and oxygen atoms in total. The first kappa shape index (κ1) is 19.8. The Bertz CT molecular complexity index is 988. The lowest BCUT2D eigenvalue weighted by Crippen LogP contribution is -2.46. The summed E-state index contributed by atoms with van der Waals surface area (Å²) >= 11 is 5.79. The Kier molecular flexibility index (Phi) is 5.31. The highest BCUT2D eigenvalue weighted by molar-refractivity contribution is 7.92. The summed E-state index contributed by atoms with van der Waals surface area (Å²) in [6.07, 6.45) is 1.43. The number of benzene rings is 1. The Labute approximate surface area is 162 Å². The summed E-state index contributed by atoms with van der Waals surface area (Å²) in [6.45, 7) is 5.70. The summed E-state index contributed by atoms with van der Waals surface area (Å²) in [5, 5.41) is 3.59. The van der Waals surface area contributed by atoms with Crippen molar-refractivity contribution in [2.45, 2.75) is 56.5 Å². The second-order valence-electron chi connectivity index (χ2n) is 7.03. The lowest BCUT2D eigenvalue weighted by Gasteiger charge is -2.34. The predicted octanol–water partition coefficient (Wildman–Crippen LogP) is 2.83. The first-order valence-electron chi connectivity index (χ1n) is 8.63. The fourth-order valence-electron chi connectivity index (χ4n) is 3.13. The quantitative estimate of drug-likeness (QED) is 0.772. The van der Waals surface area contributed by atoms with Crippen molar-refractivity contribution in [2.75, 3.05) is 0 Å². The minimum Gasteiger partial charge on any atom is -0.332 e.